The third kappa shape index (κ3) is 1.36. The van der Waals surface area contributed by atoms with Crippen LogP contribution in [0.5, 0.6) is 5.75 Å². The summed E-state index contributed by atoms with van der Waals surface area (Å²) in [6.45, 7) is 0. The first-order chi connectivity index (χ1) is 9.75. The van der Waals surface area contributed by atoms with E-state index in [0.717, 1.165) is 11.3 Å². The molecule has 1 amide bonds. The third-order valence-corrected chi connectivity index (χ3v) is 3.48. The van der Waals surface area contributed by atoms with Crippen molar-refractivity contribution in [1.82, 2.24) is 0 Å². The lowest BCUT2D eigenvalue weighted by Crippen LogP contribution is -2.09. The summed E-state index contributed by atoms with van der Waals surface area (Å²) < 4.78 is 5.22. The molecule has 4 nitrogen and oxygen atoms in total. The summed E-state index contributed by atoms with van der Waals surface area (Å²) in [5.74, 6) is -0.250. The van der Waals surface area contributed by atoms with Gasteiger partial charge in [-0.1, -0.05) is 36.4 Å². The Morgan fingerprint density at radius 1 is 0.800 bits per heavy atom. The number of hydrogen-bond donors (Lipinski definition) is 1. The highest BCUT2D eigenvalue weighted by Crippen LogP contribution is 2.42. The summed E-state index contributed by atoms with van der Waals surface area (Å²) in [7, 11) is 0. The van der Waals surface area contributed by atoms with Gasteiger partial charge in [0.1, 0.15) is 5.75 Å². The van der Waals surface area contributed by atoms with Gasteiger partial charge in [0.15, 0.2) is 0 Å². The van der Waals surface area contributed by atoms with Crippen LogP contribution in [0.1, 0.15) is 11.1 Å². The molecule has 4 heteroatoms. The molecule has 0 spiro atoms. The number of nitrogens with one attached hydrogen (secondary N) is 1. The molecule has 2 heterocycles. The van der Waals surface area contributed by atoms with Crippen LogP contribution >= 0.6 is 0 Å². The molecule has 2 aliphatic rings. The van der Waals surface area contributed by atoms with Crippen LogP contribution in [0.15, 0.2) is 48.5 Å². The van der Waals surface area contributed by atoms with Crippen molar-refractivity contribution >= 4 is 28.7 Å². The molecule has 0 aliphatic carbocycles. The van der Waals surface area contributed by atoms with E-state index < -0.39 is 5.97 Å². The monoisotopic (exact) mass is 263 g/mol. The Morgan fingerprint density at radius 3 is 2.35 bits per heavy atom. The SMILES string of the molecule is O=C1Nc2ccccc2/C1=C1\C(=O)Oc2ccccc21. The summed E-state index contributed by atoms with van der Waals surface area (Å²) in [4.78, 5) is 24.3. The minimum Gasteiger partial charge on any atom is -0.422 e. The Kier molecular flexibility index (Phi) is 2.09. The molecule has 96 valence electrons. The van der Waals surface area contributed by atoms with Gasteiger partial charge in [-0.3, -0.25) is 4.79 Å². The number of amides is 1. The highest BCUT2D eigenvalue weighted by molar-refractivity contribution is 6.45. The summed E-state index contributed by atoms with van der Waals surface area (Å²) >= 11 is 0. The number of ether oxygens (including phenoxy) is 1. The molecule has 0 bridgehead atoms. The van der Waals surface area contributed by atoms with Crippen molar-refractivity contribution in [3.05, 3.63) is 59.7 Å². The largest absolute Gasteiger partial charge is 0.422 e. The van der Waals surface area contributed by atoms with Crippen LogP contribution in [0.3, 0.4) is 0 Å². The van der Waals surface area contributed by atoms with Crippen molar-refractivity contribution in [2.45, 2.75) is 0 Å². The van der Waals surface area contributed by atoms with E-state index in [9.17, 15) is 9.59 Å². The number of benzene rings is 2. The minimum atomic E-state index is -0.479. The van der Waals surface area contributed by atoms with E-state index in [1.807, 2.05) is 30.3 Å². The molecule has 0 unspecified atom stereocenters. The van der Waals surface area contributed by atoms with Crippen molar-refractivity contribution in [3.8, 4) is 5.75 Å². The van der Waals surface area contributed by atoms with E-state index >= 15 is 0 Å². The molecule has 4 rings (SSSR count). The zero-order valence-corrected chi connectivity index (χ0v) is 10.3. The molecule has 2 aliphatic heterocycles. The quantitative estimate of drug-likeness (QED) is 0.451. The van der Waals surface area contributed by atoms with E-state index in [4.69, 9.17) is 4.74 Å². The summed E-state index contributed by atoms with van der Waals surface area (Å²) in [5, 5.41) is 2.77. The summed E-state index contributed by atoms with van der Waals surface area (Å²) in [5.41, 5.74) is 2.84. The predicted octanol–water partition coefficient (Wildman–Crippen LogP) is 2.47. The molecule has 0 radical (unpaired) electrons. The molecule has 0 aromatic heterocycles. The Morgan fingerprint density at radius 2 is 1.50 bits per heavy atom. The Bertz CT molecular complexity index is 737. The zero-order valence-electron chi connectivity index (χ0n) is 10.3. The maximum Gasteiger partial charge on any atom is 0.345 e. The highest BCUT2D eigenvalue weighted by atomic mass is 16.5. The zero-order chi connectivity index (χ0) is 13.7. The van der Waals surface area contributed by atoms with Gasteiger partial charge in [0.05, 0.1) is 11.1 Å². The van der Waals surface area contributed by atoms with Crippen molar-refractivity contribution in [1.29, 1.82) is 0 Å². The Hall–Kier alpha value is -2.88. The molecule has 0 saturated heterocycles. The number of carbonyl (C=O) groups excluding carboxylic acids is 2. The lowest BCUT2D eigenvalue weighted by atomic mass is 9.96. The van der Waals surface area contributed by atoms with Crippen LogP contribution in [0.2, 0.25) is 0 Å². The van der Waals surface area contributed by atoms with Gasteiger partial charge in [0.2, 0.25) is 0 Å². The fraction of sp³-hybridized carbons (Fsp3) is 0. The van der Waals surface area contributed by atoms with Gasteiger partial charge in [-0.25, -0.2) is 4.79 Å². The van der Waals surface area contributed by atoms with Gasteiger partial charge in [-0.2, -0.15) is 0 Å². The Labute approximate surface area is 114 Å². The first-order valence-electron chi connectivity index (χ1n) is 6.22. The molecule has 0 saturated carbocycles. The molecule has 0 fully saturated rings. The van der Waals surface area contributed by atoms with Crippen LogP contribution in [-0.2, 0) is 9.59 Å². The second-order valence-corrected chi connectivity index (χ2v) is 4.64. The van der Waals surface area contributed by atoms with E-state index in [1.54, 1.807) is 18.2 Å². The number of fused-ring (bicyclic) bond motifs is 2. The van der Waals surface area contributed by atoms with E-state index in [1.165, 1.54) is 0 Å². The summed E-state index contributed by atoms with van der Waals surface area (Å²) in [6, 6.07) is 14.4. The van der Waals surface area contributed by atoms with Gasteiger partial charge in [0, 0.05) is 16.8 Å². The van der Waals surface area contributed by atoms with Crippen LogP contribution in [0.25, 0.3) is 11.1 Å². The first kappa shape index (κ1) is 11.0. The van der Waals surface area contributed by atoms with Gasteiger partial charge in [-0.15, -0.1) is 0 Å². The molecule has 2 aromatic rings. The highest BCUT2D eigenvalue weighted by Gasteiger charge is 2.36. The van der Waals surface area contributed by atoms with Gasteiger partial charge < -0.3 is 10.1 Å². The van der Waals surface area contributed by atoms with Crippen molar-refractivity contribution in [3.63, 3.8) is 0 Å². The topological polar surface area (TPSA) is 55.4 Å². The number of carbonyl (C=O) groups is 2. The number of esters is 1. The molecule has 0 atom stereocenters. The lowest BCUT2D eigenvalue weighted by molar-refractivity contribution is -0.127. The Balaban J connectivity index is 2.05. The second kappa shape index (κ2) is 3.81. The average Bonchev–Trinajstić information content (AvgIpc) is 2.94. The number of anilines is 1. The normalized spacial score (nSPS) is 19.4. The van der Waals surface area contributed by atoms with Gasteiger partial charge in [-0.05, 0) is 12.1 Å². The second-order valence-electron chi connectivity index (χ2n) is 4.64. The molecular formula is C16H9NO3. The van der Waals surface area contributed by atoms with Crippen LogP contribution in [0.4, 0.5) is 5.69 Å². The molecule has 2 aromatic carbocycles. The standard InChI is InChI=1S/C16H9NO3/c18-15-13(9-5-1-3-7-11(9)17-15)14-10-6-2-4-8-12(10)20-16(14)19/h1-8H,(H,17,18)/b14-13+. The third-order valence-electron chi connectivity index (χ3n) is 3.48. The number of para-hydroxylation sites is 2. The van der Waals surface area contributed by atoms with E-state index in [2.05, 4.69) is 5.32 Å². The minimum absolute atomic E-state index is 0.269. The number of hydrogen-bond acceptors (Lipinski definition) is 3. The number of rotatable bonds is 0. The molecule has 1 N–H and O–H groups in total. The maximum absolute atomic E-state index is 12.2. The van der Waals surface area contributed by atoms with Crippen LogP contribution in [0, 0.1) is 0 Å². The molecular weight excluding hydrogens is 254 g/mol. The lowest BCUT2D eigenvalue weighted by Gasteiger charge is -2.01. The van der Waals surface area contributed by atoms with Crippen molar-refractivity contribution in [2.24, 2.45) is 0 Å². The smallest absolute Gasteiger partial charge is 0.345 e. The predicted molar refractivity (Wildman–Crippen MR) is 74.0 cm³/mol. The first-order valence-corrected chi connectivity index (χ1v) is 6.22. The fourth-order valence-corrected chi connectivity index (χ4v) is 2.63. The van der Waals surface area contributed by atoms with E-state index in [-0.39, 0.29) is 5.91 Å². The van der Waals surface area contributed by atoms with Crippen molar-refractivity contribution < 1.29 is 14.3 Å². The van der Waals surface area contributed by atoms with Crippen molar-refractivity contribution in [2.75, 3.05) is 5.32 Å². The van der Waals surface area contributed by atoms with E-state index in [0.29, 0.717) is 22.5 Å². The average molecular weight is 263 g/mol. The fourth-order valence-electron chi connectivity index (χ4n) is 2.63. The molecule has 20 heavy (non-hydrogen) atoms. The van der Waals surface area contributed by atoms with Crippen LogP contribution < -0.4 is 10.1 Å². The van der Waals surface area contributed by atoms with Crippen LogP contribution in [-0.4, -0.2) is 11.9 Å². The summed E-state index contributed by atoms with van der Waals surface area (Å²) in [6.07, 6.45) is 0. The van der Waals surface area contributed by atoms with Gasteiger partial charge in [0.25, 0.3) is 5.91 Å². The van der Waals surface area contributed by atoms with Gasteiger partial charge >= 0.3 is 5.97 Å². The maximum atomic E-state index is 12.2.